The highest BCUT2D eigenvalue weighted by molar-refractivity contribution is 5.93. The van der Waals surface area contributed by atoms with Crippen molar-refractivity contribution in [1.82, 2.24) is 9.78 Å². The van der Waals surface area contributed by atoms with Gasteiger partial charge in [0, 0.05) is 18.7 Å². The second kappa shape index (κ2) is 5.95. The quantitative estimate of drug-likeness (QED) is 0.850. The molecule has 21 heavy (non-hydrogen) atoms. The Bertz CT molecular complexity index is 679. The summed E-state index contributed by atoms with van der Waals surface area (Å²) in [6.45, 7) is 6.42. The van der Waals surface area contributed by atoms with Gasteiger partial charge in [-0.2, -0.15) is 5.10 Å². The lowest BCUT2D eigenvalue weighted by Gasteiger charge is -2.09. The zero-order valence-electron chi connectivity index (χ0n) is 12.4. The first-order valence-corrected chi connectivity index (χ1v) is 6.74. The fraction of sp³-hybridized carbons (Fsp3) is 0.333. The lowest BCUT2D eigenvalue weighted by molar-refractivity contribution is -0.116. The Balaban J connectivity index is 1.97. The molecule has 3 N–H and O–H groups in total. The first-order chi connectivity index (χ1) is 9.88. The van der Waals surface area contributed by atoms with Gasteiger partial charge in [-0.3, -0.25) is 9.48 Å². The number of aryl methyl sites for hydroxylation is 2. The maximum absolute atomic E-state index is 12.9. The number of benzene rings is 1. The van der Waals surface area contributed by atoms with Gasteiger partial charge in [0.2, 0.25) is 5.91 Å². The van der Waals surface area contributed by atoms with Crippen LogP contribution in [0.2, 0.25) is 0 Å². The normalized spacial score (nSPS) is 10.7. The summed E-state index contributed by atoms with van der Waals surface area (Å²) in [5, 5.41) is 7.06. The van der Waals surface area contributed by atoms with E-state index in [9.17, 15) is 9.18 Å². The summed E-state index contributed by atoms with van der Waals surface area (Å²) in [6.07, 6.45) is 0.276. The largest absolute Gasteiger partial charge is 0.397 e. The van der Waals surface area contributed by atoms with Crippen LogP contribution in [0, 0.1) is 26.6 Å². The maximum atomic E-state index is 12.9. The van der Waals surface area contributed by atoms with Gasteiger partial charge < -0.3 is 11.1 Å². The highest BCUT2D eigenvalue weighted by Crippen LogP contribution is 2.19. The summed E-state index contributed by atoms with van der Waals surface area (Å²) in [7, 11) is 0. The molecule has 112 valence electrons. The number of rotatable bonds is 4. The summed E-state index contributed by atoms with van der Waals surface area (Å²) in [6, 6.07) is 3.90. The minimum absolute atomic E-state index is 0.182. The van der Waals surface area contributed by atoms with E-state index in [4.69, 9.17) is 5.73 Å². The number of amides is 1. The first-order valence-electron chi connectivity index (χ1n) is 6.74. The van der Waals surface area contributed by atoms with Crippen LogP contribution in [0.1, 0.15) is 23.4 Å². The zero-order chi connectivity index (χ0) is 15.6. The van der Waals surface area contributed by atoms with Crippen molar-refractivity contribution < 1.29 is 9.18 Å². The van der Waals surface area contributed by atoms with Crippen molar-refractivity contribution in [3.63, 3.8) is 0 Å². The van der Waals surface area contributed by atoms with E-state index in [1.807, 2.05) is 25.5 Å². The second-order valence-electron chi connectivity index (χ2n) is 5.05. The number of nitrogen functional groups attached to an aromatic ring is 1. The molecular formula is C15H19FN4O. The second-order valence-corrected chi connectivity index (χ2v) is 5.05. The number of nitrogens with zero attached hydrogens (tertiary/aromatic N) is 2. The van der Waals surface area contributed by atoms with Crippen molar-refractivity contribution in [2.24, 2.45) is 0 Å². The summed E-state index contributed by atoms with van der Waals surface area (Å²) in [4.78, 5) is 11.9. The average molecular weight is 290 g/mol. The third kappa shape index (κ3) is 3.39. The standard InChI is InChI=1S/C15H19FN4O/c1-9-10(2)19-20(11(9)3)7-6-15(21)18-14-5-4-12(16)8-13(14)17/h4-5,8H,6-7,17H2,1-3H3,(H,18,21). The van der Waals surface area contributed by atoms with Crippen LogP contribution in [0.5, 0.6) is 0 Å². The number of anilines is 2. The molecule has 2 rings (SSSR count). The van der Waals surface area contributed by atoms with E-state index in [0.717, 1.165) is 17.0 Å². The first kappa shape index (κ1) is 15.0. The molecule has 0 radical (unpaired) electrons. The fourth-order valence-corrected chi connectivity index (χ4v) is 2.07. The van der Waals surface area contributed by atoms with Gasteiger partial charge in [-0.15, -0.1) is 0 Å². The number of hydrogen-bond acceptors (Lipinski definition) is 3. The molecule has 6 heteroatoms. The van der Waals surface area contributed by atoms with Gasteiger partial charge in [-0.05, 0) is 44.5 Å². The molecule has 0 saturated carbocycles. The van der Waals surface area contributed by atoms with Crippen LogP contribution in [0.25, 0.3) is 0 Å². The van der Waals surface area contributed by atoms with Crippen LogP contribution in [-0.2, 0) is 11.3 Å². The number of nitrogens with two attached hydrogens (primary N) is 1. The van der Waals surface area contributed by atoms with Gasteiger partial charge in [-0.25, -0.2) is 4.39 Å². The SMILES string of the molecule is Cc1nn(CCC(=O)Nc2ccc(F)cc2N)c(C)c1C. The topological polar surface area (TPSA) is 72.9 Å². The number of aromatic nitrogens is 2. The molecule has 0 bridgehead atoms. The van der Waals surface area contributed by atoms with Crippen molar-refractivity contribution in [2.75, 3.05) is 11.1 Å². The summed E-state index contributed by atoms with van der Waals surface area (Å²) < 4.78 is 14.8. The van der Waals surface area contributed by atoms with Crippen LogP contribution in [0.4, 0.5) is 15.8 Å². The van der Waals surface area contributed by atoms with Crippen molar-refractivity contribution in [2.45, 2.75) is 33.7 Å². The van der Waals surface area contributed by atoms with Crippen LogP contribution >= 0.6 is 0 Å². The predicted octanol–water partition coefficient (Wildman–Crippen LogP) is 2.56. The highest BCUT2D eigenvalue weighted by atomic mass is 19.1. The molecular weight excluding hydrogens is 271 g/mol. The summed E-state index contributed by atoms with van der Waals surface area (Å²) in [5.74, 6) is -0.609. The predicted molar refractivity (Wildman–Crippen MR) is 80.5 cm³/mol. The molecule has 0 aliphatic heterocycles. The van der Waals surface area contributed by atoms with Crippen molar-refractivity contribution in [3.05, 3.63) is 41.0 Å². The minimum atomic E-state index is -0.427. The molecule has 0 aliphatic rings. The van der Waals surface area contributed by atoms with Crippen LogP contribution in [-0.4, -0.2) is 15.7 Å². The number of halogens is 1. The third-order valence-electron chi connectivity index (χ3n) is 3.58. The number of carbonyl (C=O) groups is 1. The van der Waals surface area contributed by atoms with E-state index in [2.05, 4.69) is 10.4 Å². The lowest BCUT2D eigenvalue weighted by Crippen LogP contribution is -2.16. The van der Waals surface area contributed by atoms with Gasteiger partial charge in [0.25, 0.3) is 0 Å². The third-order valence-corrected chi connectivity index (χ3v) is 3.58. The van der Waals surface area contributed by atoms with E-state index in [0.29, 0.717) is 12.2 Å². The molecule has 5 nitrogen and oxygen atoms in total. The Kier molecular flexibility index (Phi) is 4.26. The van der Waals surface area contributed by atoms with Gasteiger partial charge in [0.15, 0.2) is 0 Å². The Hall–Kier alpha value is -2.37. The molecule has 1 aromatic heterocycles. The van der Waals surface area contributed by atoms with Gasteiger partial charge in [-0.1, -0.05) is 0 Å². The monoisotopic (exact) mass is 290 g/mol. The van der Waals surface area contributed by atoms with Crippen LogP contribution < -0.4 is 11.1 Å². The van der Waals surface area contributed by atoms with Gasteiger partial charge in [0.1, 0.15) is 5.82 Å². The Morgan fingerprint density at radius 1 is 1.38 bits per heavy atom. The van der Waals surface area contributed by atoms with Crippen molar-refractivity contribution in [1.29, 1.82) is 0 Å². The molecule has 0 atom stereocenters. The van der Waals surface area contributed by atoms with Crippen LogP contribution in [0.15, 0.2) is 18.2 Å². The molecule has 0 spiro atoms. The molecule has 1 amide bonds. The molecule has 1 heterocycles. The molecule has 0 saturated heterocycles. The van der Waals surface area contributed by atoms with Crippen LogP contribution in [0.3, 0.4) is 0 Å². The zero-order valence-corrected chi connectivity index (χ0v) is 12.4. The fourth-order valence-electron chi connectivity index (χ4n) is 2.07. The minimum Gasteiger partial charge on any atom is -0.397 e. The van der Waals surface area contributed by atoms with E-state index in [1.165, 1.54) is 18.2 Å². The summed E-state index contributed by atoms with van der Waals surface area (Å²) in [5.41, 5.74) is 9.45. The van der Waals surface area contributed by atoms with Gasteiger partial charge >= 0.3 is 0 Å². The van der Waals surface area contributed by atoms with E-state index in [1.54, 1.807) is 0 Å². The number of nitrogens with one attached hydrogen (secondary N) is 1. The highest BCUT2D eigenvalue weighted by Gasteiger charge is 2.10. The number of hydrogen-bond donors (Lipinski definition) is 2. The lowest BCUT2D eigenvalue weighted by atomic mass is 10.2. The smallest absolute Gasteiger partial charge is 0.226 e. The molecule has 0 fully saturated rings. The molecule has 2 aromatic rings. The maximum Gasteiger partial charge on any atom is 0.226 e. The number of carbonyl (C=O) groups excluding carboxylic acids is 1. The van der Waals surface area contributed by atoms with E-state index >= 15 is 0 Å². The average Bonchev–Trinajstić information content (AvgIpc) is 2.67. The Morgan fingerprint density at radius 3 is 2.67 bits per heavy atom. The summed E-state index contributed by atoms with van der Waals surface area (Å²) >= 11 is 0. The molecule has 0 unspecified atom stereocenters. The van der Waals surface area contributed by atoms with E-state index < -0.39 is 5.82 Å². The molecule has 0 aliphatic carbocycles. The van der Waals surface area contributed by atoms with Crippen molar-refractivity contribution >= 4 is 17.3 Å². The van der Waals surface area contributed by atoms with Crippen molar-refractivity contribution in [3.8, 4) is 0 Å². The molecule has 1 aromatic carbocycles. The van der Waals surface area contributed by atoms with E-state index in [-0.39, 0.29) is 18.0 Å². The Labute approximate surface area is 123 Å². The Morgan fingerprint density at radius 2 is 2.10 bits per heavy atom. The van der Waals surface area contributed by atoms with Gasteiger partial charge in [0.05, 0.1) is 17.1 Å².